The molecule has 0 spiro atoms. The molecule has 20 heavy (non-hydrogen) atoms. The van der Waals surface area contributed by atoms with Crippen molar-refractivity contribution < 1.29 is 4.39 Å². The molecule has 0 aliphatic rings. The van der Waals surface area contributed by atoms with E-state index in [1.54, 1.807) is 30.1 Å². The van der Waals surface area contributed by atoms with Gasteiger partial charge in [0, 0.05) is 18.3 Å². The van der Waals surface area contributed by atoms with E-state index in [4.69, 9.17) is 5.73 Å². The Labute approximate surface area is 115 Å². The zero-order valence-electron chi connectivity index (χ0n) is 11.2. The number of aromatic amines is 1. The highest BCUT2D eigenvalue weighted by atomic mass is 19.1. The van der Waals surface area contributed by atoms with Crippen LogP contribution >= 0.6 is 0 Å². The Balaban J connectivity index is 2.25. The molecular weight excluding hydrogens is 257 g/mol. The second-order valence-electron chi connectivity index (χ2n) is 4.65. The fraction of sp³-hybridized carbons (Fsp3) is 0.143. The van der Waals surface area contributed by atoms with Crippen molar-refractivity contribution in [3.05, 3.63) is 42.0 Å². The number of aromatic nitrogens is 4. The molecule has 5 nitrogen and oxygen atoms in total. The van der Waals surface area contributed by atoms with Crippen LogP contribution in [0.25, 0.3) is 22.4 Å². The Hall–Kier alpha value is -2.63. The maximum absolute atomic E-state index is 13.1. The molecule has 0 aliphatic heterocycles. The van der Waals surface area contributed by atoms with Crippen molar-refractivity contribution in [2.24, 2.45) is 7.05 Å². The lowest BCUT2D eigenvalue weighted by atomic mass is 10.0. The number of aryl methyl sites for hydroxylation is 2. The molecule has 1 aromatic carbocycles. The van der Waals surface area contributed by atoms with Crippen molar-refractivity contribution in [2.75, 3.05) is 5.73 Å². The predicted molar refractivity (Wildman–Crippen MR) is 75.3 cm³/mol. The Bertz CT molecular complexity index is 754. The topological polar surface area (TPSA) is 72.5 Å². The summed E-state index contributed by atoms with van der Waals surface area (Å²) in [4.78, 5) is 0. The van der Waals surface area contributed by atoms with Crippen LogP contribution < -0.4 is 5.73 Å². The SMILES string of the molecule is Cc1[nH]ncc1-c1nn(C)c(N)c1-c1ccc(F)cc1. The number of H-pyrrole nitrogens is 1. The number of rotatable bonds is 2. The molecule has 3 aromatic rings. The van der Waals surface area contributed by atoms with Crippen LogP contribution in [0.15, 0.2) is 30.5 Å². The summed E-state index contributed by atoms with van der Waals surface area (Å²) in [5.41, 5.74) is 10.3. The summed E-state index contributed by atoms with van der Waals surface area (Å²) in [7, 11) is 1.78. The highest BCUT2D eigenvalue weighted by Crippen LogP contribution is 2.36. The van der Waals surface area contributed by atoms with Gasteiger partial charge in [-0.25, -0.2) is 4.39 Å². The van der Waals surface area contributed by atoms with Crippen LogP contribution in [0.4, 0.5) is 10.2 Å². The Morgan fingerprint density at radius 2 is 1.95 bits per heavy atom. The number of anilines is 1. The summed E-state index contributed by atoms with van der Waals surface area (Å²) in [5.74, 6) is 0.254. The van der Waals surface area contributed by atoms with E-state index in [0.717, 1.165) is 28.1 Å². The number of hydrogen-bond acceptors (Lipinski definition) is 3. The summed E-state index contributed by atoms with van der Waals surface area (Å²) in [5, 5.41) is 11.3. The molecule has 102 valence electrons. The third-order valence-electron chi connectivity index (χ3n) is 3.31. The van der Waals surface area contributed by atoms with Crippen LogP contribution in [0.2, 0.25) is 0 Å². The maximum Gasteiger partial charge on any atom is 0.129 e. The Morgan fingerprint density at radius 3 is 2.55 bits per heavy atom. The first kappa shape index (κ1) is 12.4. The highest BCUT2D eigenvalue weighted by molar-refractivity contribution is 5.88. The zero-order valence-corrected chi connectivity index (χ0v) is 11.2. The largest absolute Gasteiger partial charge is 0.383 e. The van der Waals surface area contributed by atoms with Crippen molar-refractivity contribution in [1.29, 1.82) is 0 Å². The van der Waals surface area contributed by atoms with E-state index < -0.39 is 0 Å². The standard InChI is InChI=1S/C14H14FN5/c1-8-11(7-17-18-8)13-12(14(16)20(2)19-13)9-3-5-10(15)6-4-9/h3-7H,16H2,1-2H3,(H,17,18). The van der Waals surface area contributed by atoms with Gasteiger partial charge in [0.05, 0.1) is 11.8 Å². The third kappa shape index (κ3) is 1.85. The van der Waals surface area contributed by atoms with E-state index >= 15 is 0 Å². The summed E-state index contributed by atoms with van der Waals surface area (Å²) in [6, 6.07) is 6.21. The van der Waals surface area contributed by atoms with Gasteiger partial charge in [0.2, 0.25) is 0 Å². The number of nitrogens with zero attached hydrogens (tertiary/aromatic N) is 3. The number of nitrogens with two attached hydrogens (primary N) is 1. The monoisotopic (exact) mass is 271 g/mol. The number of nitrogens with one attached hydrogen (secondary N) is 1. The fourth-order valence-electron chi connectivity index (χ4n) is 2.22. The number of halogens is 1. The Morgan fingerprint density at radius 1 is 1.25 bits per heavy atom. The maximum atomic E-state index is 13.1. The molecule has 0 saturated heterocycles. The molecule has 0 saturated carbocycles. The molecule has 6 heteroatoms. The predicted octanol–water partition coefficient (Wildman–Crippen LogP) is 2.51. The summed E-state index contributed by atoms with van der Waals surface area (Å²) < 4.78 is 14.7. The molecule has 2 heterocycles. The van der Waals surface area contributed by atoms with Gasteiger partial charge in [0.25, 0.3) is 0 Å². The molecular formula is C14H14FN5. The molecule has 0 fully saturated rings. The van der Waals surface area contributed by atoms with Gasteiger partial charge in [0.1, 0.15) is 17.3 Å². The van der Waals surface area contributed by atoms with Crippen LogP contribution in [0.3, 0.4) is 0 Å². The number of nitrogen functional groups attached to an aromatic ring is 1. The average Bonchev–Trinajstić information content (AvgIpc) is 2.96. The van der Waals surface area contributed by atoms with E-state index in [0.29, 0.717) is 5.82 Å². The molecule has 3 N–H and O–H groups in total. The molecule has 0 unspecified atom stereocenters. The lowest BCUT2D eigenvalue weighted by Gasteiger charge is -2.03. The highest BCUT2D eigenvalue weighted by Gasteiger charge is 2.19. The van der Waals surface area contributed by atoms with Crippen molar-refractivity contribution in [3.8, 4) is 22.4 Å². The first-order valence-electron chi connectivity index (χ1n) is 6.16. The van der Waals surface area contributed by atoms with Crippen LogP contribution in [-0.4, -0.2) is 20.0 Å². The second-order valence-corrected chi connectivity index (χ2v) is 4.65. The first-order valence-corrected chi connectivity index (χ1v) is 6.16. The quantitative estimate of drug-likeness (QED) is 0.752. The number of benzene rings is 1. The van der Waals surface area contributed by atoms with E-state index in [9.17, 15) is 4.39 Å². The normalized spacial score (nSPS) is 10.9. The minimum Gasteiger partial charge on any atom is -0.383 e. The minimum atomic E-state index is -0.280. The van der Waals surface area contributed by atoms with Gasteiger partial charge in [-0.1, -0.05) is 12.1 Å². The molecule has 2 aromatic heterocycles. The van der Waals surface area contributed by atoms with Crippen molar-refractivity contribution in [1.82, 2.24) is 20.0 Å². The van der Waals surface area contributed by atoms with E-state index in [1.807, 2.05) is 6.92 Å². The summed E-state index contributed by atoms with van der Waals surface area (Å²) in [6.45, 7) is 1.92. The third-order valence-corrected chi connectivity index (χ3v) is 3.31. The average molecular weight is 271 g/mol. The van der Waals surface area contributed by atoms with Gasteiger partial charge in [-0.2, -0.15) is 10.2 Å². The van der Waals surface area contributed by atoms with E-state index in [2.05, 4.69) is 15.3 Å². The van der Waals surface area contributed by atoms with E-state index in [1.165, 1.54) is 12.1 Å². The Kier molecular flexibility index (Phi) is 2.78. The second kappa shape index (κ2) is 4.48. The van der Waals surface area contributed by atoms with Crippen molar-refractivity contribution >= 4 is 5.82 Å². The molecule has 0 amide bonds. The first-order chi connectivity index (χ1) is 9.58. The van der Waals surface area contributed by atoms with Gasteiger partial charge in [0.15, 0.2) is 0 Å². The van der Waals surface area contributed by atoms with Crippen molar-refractivity contribution in [2.45, 2.75) is 6.92 Å². The molecule has 0 bridgehead atoms. The smallest absolute Gasteiger partial charge is 0.129 e. The van der Waals surface area contributed by atoms with E-state index in [-0.39, 0.29) is 5.82 Å². The van der Waals surface area contributed by atoms with Crippen LogP contribution in [0.1, 0.15) is 5.69 Å². The molecule has 0 radical (unpaired) electrons. The summed E-state index contributed by atoms with van der Waals surface area (Å²) in [6.07, 6.45) is 1.71. The van der Waals surface area contributed by atoms with Crippen LogP contribution in [0, 0.1) is 12.7 Å². The molecule has 3 rings (SSSR count). The van der Waals surface area contributed by atoms with Gasteiger partial charge in [-0.3, -0.25) is 9.78 Å². The van der Waals surface area contributed by atoms with Crippen molar-refractivity contribution in [3.63, 3.8) is 0 Å². The minimum absolute atomic E-state index is 0.280. The summed E-state index contributed by atoms with van der Waals surface area (Å²) >= 11 is 0. The van der Waals surface area contributed by atoms with Gasteiger partial charge in [-0.15, -0.1) is 0 Å². The molecule has 0 aliphatic carbocycles. The van der Waals surface area contributed by atoms with Gasteiger partial charge < -0.3 is 5.73 Å². The van der Waals surface area contributed by atoms with Crippen LogP contribution in [0.5, 0.6) is 0 Å². The lowest BCUT2D eigenvalue weighted by molar-refractivity contribution is 0.628. The zero-order chi connectivity index (χ0) is 14.3. The van der Waals surface area contributed by atoms with Gasteiger partial charge in [-0.05, 0) is 24.6 Å². The van der Waals surface area contributed by atoms with Crippen LogP contribution in [-0.2, 0) is 7.05 Å². The lowest BCUT2D eigenvalue weighted by Crippen LogP contribution is -1.97. The number of hydrogen-bond donors (Lipinski definition) is 2. The fourth-order valence-corrected chi connectivity index (χ4v) is 2.22. The molecule has 0 atom stereocenters. The van der Waals surface area contributed by atoms with Gasteiger partial charge >= 0.3 is 0 Å².